The van der Waals surface area contributed by atoms with Crippen LogP contribution in [0.3, 0.4) is 0 Å². The average molecular weight is 608 g/mol. The molecule has 3 aromatic rings. The van der Waals surface area contributed by atoms with Crippen molar-refractivity contribution in [2.24, 2.45) is 0 Å². The molecule has 0 aliphatic heterocycles. The van der Waals surface area contributed by atoms with Crippen LogP contribution in [-0.2, 0) is 26.2 Å². The van der Waals surface area contributed by atoms with Gasteiger partial charge in [-0.3, -0.25) is 13.9 Å². The van der Waals surface area contributed by atoms with Gasteiger partial charge >= 0.3 is 0 Å². The molecular formula is C33H41N3O6S. The summed E-state index contributed by atoms with van der Waals surface area (Å²) in [6.45, 7) is 1.50. The van der Waals surface area contributed by atoms with Gasteiger partial charge in [0.25, 0.3) is 10.0 Å². The highest BCUT2D eigenvalue weighted by Gasteiger charge is 2.34. The van der Waals surface area contributed by atoms with Crippen molar-refractivity contribution in [3.8, 4) is 11.5 Å². The number of nitrogens with one attached hydrogen (secondary N) is 1. The van der Waals surface area contributed by atoms with E-state index in [4.69, 9.17) is 9.47 Å². The summed E-state index contributed by atoms with van der Waals surface area (Å²) in [5.74, 6) is 0.0250. The third-order valence-electron chi connectivity index (χ3n) is 7.80. The van der Waals surface area contributed by atoms with Crippen molar-refractivity contribution in [3.05, 3.63) is 84.4 Å². The van der Waals surface area contributed by atoms with Crippen LogP contribution in [0.2, 0.25) is 0 Å². The second-order valence-corrected chi connectivity index (χ2v) is 12.5. The molecule has 0 radical (unpaired) electrons. The first kappa shape index (κ1) is 31.9. The monoisotopic (exact) mass is 607 g/mol. The molecule has 1 atom stereocenters. The van der Waals surface area contributed by atoms with Gasteiger partial charge in [-0.1, -0.05) is 74.7 Å². The highest BCUT2D eigenvalue weighted by molar-refractivity contribution is 7.92. The van der Waals surface area contributed by atoms with Gasteiger partial charge in [-0.2, -0.15) is 0 Å². The molecule has 0 spiro atoms. The summed E-state index contributed by atoms with van der Waals surface area (Å²) in [7, 11) is -1.24. The van der Waals surface area contributed by atoms with Crippen molar-refractivity contribution in [3.63, 3.8) is 0 Å². The Morgan fingerprint density at radius 2 is 1.51 bits per heavy atom. The van der Waals surface area contributed by atoms with Crippen molar-refractivity contribution in [2.45, 2.75) is 69.0 Å². The standard InChI is InChI=1S/C33H41N3O6S/c1-4-29(33(38)34-26-16-10-6-11-17-26)35(23-25-14-8-5-9-15-25)32(37)24-36(43(39,40)28-18-12-7-13-19-28)27-20-21-30(41-2)31(22-27)42-3/h5,7-9,12-15,18-22,26,29H,4,6,10-11,16-17,23-24H2,1-3H3,(H,34,38)/t29-/m0/s1. The number of sulfonamides is 1. The molecule has 4 rings (SSSR count). The van der Waals surface area contributed by atoms with Crippen molar-refractivity contribution in [2.75, 3.05) is 25.1 Å². The predicted molar refractivity (Wildman–Crippen MR) is 167 cm³/mol. The maximum Gasteiger partial charge on any atom is 0.264 e. The number of methoxy groups -OCH3 is 2. The SMILES string of the molecule is CC[C@@H](C(=O)NC1CCCCC1)N(Cc1ccccc1)C(=O)CN(c1ccc(OC)c(OC)c1)S(=O)(=O)c1ccccc1. The summed E-state index contributed by atoms with van der Waals surface area (Å²) >= 11 is 0. The van der Waals surface area contributed by atoms with Crippen LogP contribution in [0.15, 0.2) is 83.8 Å². The van der Waals surface area contributed by atoms with E-state index in [1.54, 1.807) is 30.3 Å². The maximum absolute atomic E-state index is 14.3. The zero-order valence-electron chi connectivity index (χ0n) is 25.1. The van der Waals surface area contributed by atoms with E-state index in [0.29, 0.717) is 17.9 Å². The van der Waals surface area contributed by atoms with Gasteiger partial charge in [0, 0.05) is 18.7 Å². The second-order valence-electron chi connectivity index (χ2n) is 10.6. The number of benzene rings is 3. The minimum absolute atomic E-state index is 0.0364. The number of hydrogen-bond donors (Lipinski definition) is 1. The largest absolute Gasteiger partial charge is 0.493 e. The van der Waals surface area contributed by atoms with Crippen LogP contribution in [0.1, 0.15) is 51.0 Å². The van der Waals surface area contributed by atoms with Crippen molar-refractivity contribution >= 4 is 27.5 Å². The fraction of sp³-hybridized carbons (Fsp3) is 0.394. The normalized spacial score (nSPS) is 14.4. The van der Waals surface area contributed by atoms with Crippen LogP contribution in [0.5, 0.6) is 11.5 Å². The van der Waals surface area contributed by atoms with Gasteiger partial charge in [0.05, 0.1) is 24.8 Å². The Morgan fingerprint density at radius 3 is 2.12 bits per heavy atom. The van der Waals surface area contributed by atoms with E-state index < -0.39 is 28.5 Å². The molecule has 1 aliphatic carbocycles. The van der Waals surface area contributed by atoms with E-state index in [1.165, 1.54) is 37.3 Å². The number of nitrogens with zero attached hydrogens (tertiary/aromatic N) is 2. The Bertz CT molecular complexity index is 1460. The summed E-state index contributed by atoms with van der Waals surface area (Å²) in [5.41, 5.74) is 1.07. The molecule has 0 heterocycles. The zero-order chi connectivity index (χ0) is 30.8. The van der Waals surface area contributed by atoms with E-state index >= 15 is 0 Å². The molecule has 0 aromatic heterocycles. The number of amides is 2. The number of ether oxygens (including phenoxy) is 2. The summed E-state index contributed by atoms with van der Waals surface area (Å²) in [6.07, 6.45) is 5.48. The predicted octanol–water partition coefficient (Wildman–Crippen LogP) is 5.16. The molecule has 1 aliphatic rings. The van der Waals surface area contributed by atoms with Gasteiger partial charge in [0.1, 0.15) is 12.6 Å². The summed E-state index contributed by atoms with van der Waals surface area (Å²) < 4.78 is 39.9. The molecule has 2 amide bonds. The molecule has 0 saturated heterocycles. The van der Waals surface area contributed by atoms with E-state index in [0.717, 1.165) is 42.0 Å². The number of anilines is 1. The van der Waals surface area contributed by atoms with Crippen LogP contribution in [-0.4, -0.2) is 58.0 Å². The summed E-state index contributed by atoms with van der Waals surface area (Å²) in [5, 5.41) is 3.16. The number of carbonyl (C=O) groups excluding carboxylic acids is 2. The molecule has 43 heavy (non-hydrogen) atoms. The van der Waals surface area contributed by atoms with Crippen molar-refractivity contribution in [1.29, 1.82) is 0 Å². The van der Waals surface area contributed by atoms with E-state index in [2.05, 4.69) is 5.32 Å². The van der Waals surface area contributed by atoms with Gasteiger partial charge in [-0.25, -0.2) is 8.42 Å². The Kier molecular flexibility index (Phi) is 11.1. The third kappa shape index (κ3) is 7.87. The Labute approximate surface area is 254 Å². The summed E-state index contributed by atoms with van der Waals surface area (Å²) in [4.78, 5) is 29.4. The van der Waals surface area contributed by atoms with E-state index in [9.17, 15) is 18.0 Å². The molecule has 230 valence electrons. The zero-order valence-corrected chi connectivity index (χ0v) is 25.9. The van der Waals surface area contributed by atoms with Crippen LogP contribution in [0, 0.1) is 0 Å². The molecule has 0 bridgehead atoms. The Hall–Kier alpha value is -4.05. The van der Waals surface area contributed by atoms with Crippen LogP contribution < -0.4 is 19.1 Å². The molecule has 10 heteroatoms. The lowest BCUT2D eigenvalue weighted by Crippen LogP contribution is -2.54. The molecule has 1 saturated carbocycles. The first-order valence-corrected chi connectivity index (χ1v) is 16.2. The lowest BCUT2D eigenvalue weighted by Gasteiger charge is -2.34. The fourth-order valence-electron chi connectivity index (χ4n) is 5.47. The van der Waals surface area contributed by atoms with Crippen LogP contribution in [0.4, 0.5) is 5.69 Å². The maximum atomic E-state index is 14.3. The van der Waals surface area contributed by atoms with Crippen LogP contribution in [0.25, 0.3) is 0 Å². The van der Waals surface area contributed by atoms with Crippen LogP contribution >= 0.6 is 0 Å². The number of carbonyl (C=O) groups is 2. The topological polar surface area (TPSA) is 105 Å². The summed E-state index contributed by atoms with van der Waals surface area (Å²) in [6, 6.07) is 21.4. The molecule has 1 N–H and O–H groups in total. The van der Waals surface area contributed by atoms with E-state index in [-0.39, 0.29) is 29.1 Å². The van der Waals surface area contributed by atoms with Gasteiger partial charge in [-0.15, -0.1) is 0 Å². The third-order valence-corrected chi connectivity index (χ3v) is 9.59. The molecule has 1 fully saturated rings. The second kappa shape index (κ2) is 14.9. The Balaban J connectivity index is 1.72. The number of hydrogen-bond acceptors (Lipinski definition) is 6. The minimum Gasteiger partial charge on any atom is -0.493 e. The van der Waals surface area contributed by atoms with E-state index in [1.807, 2.05) is 37.3 Å². The van der Waals surface area contributed by atoms with Crippen molar-refractivity contribution in [1.82, 2.24) is 10.2 Å². The van der Waals surface area contributed by atoms with Crippen molar-refractivity contribution < 1.29 is 27.5 Å². The Morgan fingerprint density at radius 1 is 0.884 bits per heavy atom. The average Bonchev–Trinajstić information content (AvgIpc) is 3.04. The molecular weight excluding hydrogens is 566 g/mol. The lowest BCUT2D eigenvalue weighted by molar-refractivity contribution is -0.140. The molecule has 0 unspecified atom stereocenters. The van der Waals surface area contributed by atoms with Gasteiger partial charge in [0.2, 0.25) is 11.8 Å². The smallest absolute Gasteiger partial charge is 0.264 e. The molecule has 9 nitrogen and oxygen atoms in total. The highest BCUT2D eigenvalue weighted by atomic mass is 32.2. The minimum atomic E-state index is -4.19. The fourth-order valence-corrected chi connectivity index (χ4v) is 6.90. The lowest BCUT2D eigenvalue weighted by atomic mass is 9.95. The first-order valence-electron chi connectivity index (χ1n) is 14.7. The first-order chi connectivity index (χ1) is 20.8. The van der Waals surface area contributed by atoms with Gasteiger partial charge in [-0.05, 0) is 49.1 Å². The molecule has 3 aromatic carbocycles. The van der Waals surface area contributed by atoms with Gasteiger partial charge in [0.15, 0.2) is 11.5 Å². The highest BCUT2D eigenvalue weighted by Crippen LogP contribution is 2.34. The van der Waals surface area contributed by atoms with Gasteiger partial charge < -0.3 is 19.7 Å². The number of rotatable bonds is 13. The quantitative estimate of drug-likeness (QED) is 0.288.